The minimum Gasteiger partial charge on any atom is -0.444 e. The maximum Gasteiger partial charge on any atom is 0.226 e. The highest BCUT2D eigenvalue weighted by molar-refractivity contribution is 5.53. The van der Waals surface area contributed by atoms with Crippen molar-refractivity contribution in [1.82, 2.24) is 24.6 Å². The Kier molecular flexibility index (Phi) is 4.13. The Balaban J connectivity index is 1.44. The monoisotopic (exact) mass is 323 g/mol. The van der Waals surface area contributed by atoms with Crippen molar-refractivity contribution in [3.8, 4) is 11.5 Å². The van der Waals surface area contributed by atoms with Gasteiger partial charge in [-0.25, -0.2) is 9.97 Å². The zero-order valence-electron chi connectivity index (χ0n) is 13.8. The molecule has 0 unspecified atom stereocenters. The van der Waals surface area contributed by atoms with Crippen LogP contribution in [0.4, 0.5) is 0 Å². The fourth-order valence-electron chi connectivity index (χ4n) is 3.27. The molecule has 0 spiro atoms. The van der Waals surface area contributed by atoms with Gasteiger partial charge in [0.25, 0.3) is 0 Å². The number of aryl methyl sites for hydroxylation is 1. The van der Waals surface area contributed by atoms with Crippen LogP contribution in [0.3, 0.4) is 0 Å². The number of likely N-dealkylation sites (tertiary alicyclic amines) is 1. The molecule has 24 heavy (non-hydrogen) atoms. The average molecular weight is 323 g/mol. The van der Waals surface area contributed by atoms with Crippen molar-refractivity contribution < 1.29 is 4.42 Å². The van der Waals surface area contributed by atoms with Gasteiger partial charge in [0, 0.05) is 18.2 Å². The Morgan fingerprint density at radius 1 is 1.25 bits per heavy atom. The summed E-state index contributed by atoms with van der Waals surface area (Å²) in [5.41, 5.74) is 3.24. The number of benzene rings is 1. The SMILES string of the molecule is Cc1ccc(-c2nc(CN3CCC[C@@H]3Cn3cncn3)co2)cc1. The second kappa shape index (κ2) is 6.57. The quantitative estimate of drug-likeness (QED) is 0.722. The van der Waals surface area contributed by atoms with E-state index in [1.807, 2.05) is 16.8 Å². The molecule has 2 aromatic heterocycles. The molecule has 6 heteroatoms. The van der Waals surface area contributed by atoms with E-state index in [-0.39, 0.29) is 0 Å². The first-order valence-electron chi connectivity index (χ1n) is 8.36. The largest absolute Gasteiger partial charge is 0.444 e. The standard InChI is InChI=1S/C18H21N5O/c1-14-4-6-15(7-5-14)18-21-16(11-24-18)9-22-8-2-3-17(22)10-23-13-19-12-20-23/h4-7,11-13,17H,2-3,8-10H2,1H3/t17-/m1/s1. The lowest BCUT2D eigenvalue weighted by Crippen LogP contribution is -2.32. The zero-order chi connectivity index (χ0) is 16.4. The van der Waals surface area contributed by atoms with E-state index >= 15 is 0 Å². The second-order valence-electron chi connectivity index (χ2n) is 6.39. The molecule has 0 aliphatic carbocycles. The smallest absolute Gasteiger partial charge is 0.226 e. The molecular formula is C18H21N5O. The van der Waals surface area contributed by atoms with Crippen LogP contribution < -0.4 is 0 Å². The molecule has 0 radical (unpaired) electrons. The summed E-state index contributed by atoms with van der Waals surface area (Å²) in [7, 11) is 0. The summed E-state index contributed by atoms with van der Waals surface area (Å²) in [5, 5.41) is 4.22. The van der Waals surface area contributed by atoms with Gasteiger partial charge in [0.15, 0.2) is 0 Å². The van der Waals surface area contributed by atoms with Gasteiger partial charge in [0.05, 0.1) is 12.2 Å². The molecule has 3 aromatic rings. The van der Waals surface area contributed by atoms with Crippen molar-refractivity contribution in [2.45, 2.75) is 38.9 Å². The van der Waals surface area contributed by atoms with Gasteiger partial charge in [0.1, 0.15) is 18.9 Å². The lowest BCUT2D eigenvalue weighted by atomic mass is 10.1. The van der Waals surface area contributed by atoms with Crippen LogP contribution in [0.25, 0.3) is 11.5 Å². The summed E-state index contributed by atoms with van der Waals surface area (Å²) in [5.74, 6) is 0.692. The summed E-state index contributed by atoms with van der Waals surface area (Å²) >= 11 is 0. The van der Waals surface area contributed by atoms with Crippen molar-refractivity contribution in [2.75, 3.05) is 6.54 Å². The highest BCUT2D eigenvalue weighted by atomic mass is 16.3. The van der Waals surface area contributed by atoms with Crippen molar-refractivity contribution in [1.29, 1.82) is 0 Å². The minimum absolute atomic E-state index is 0.478. The van der Waals surface area contributed by atoms with E-state index in [0.717, 1.165) is 30.9 Å². The Morgan fingerprint density at radius 2 is 2.12 bits per heavy atom. The van der Waals surface area contributed by atoms with Gasteiger partial charge >= 0.3 is 0 Å². The van der Waals surface area contributed by atoms with E-state index in [9.17, 15) is 0 Å². The number of rotatable bonds is 5. The highest BCUT2D eigenvalue weighted by Gasteiger charge is 2.26. The van der Waals surface area contributed by atoms with Crippen molar-refractivity contribution >= 4 is 0 Å². The van der Waals surface area contributed by atoms with E-state index < -0.39 is 0 Å². The summed E-state index contributed by atoms with van der Waals surface area (Å²) in [6.45, 7) is 4.86. The Bertz CT molecular complexity index is 778. The molecule has 1 fully saturated rings. The van der Waals surface area contributed by atoms with E-state index in [0.29, 0.717) is 11.9 Å². The number of oxazole rings is 1. The maximum atomic E-state index is 5.68. The van der Waals surface area contributed by atoms with Crippen molar-refractivity contribution in [2.24, 2.45) is 0 Å². The maximum absolute atomic E-state index is 5.68. The molecular weight excluding hydrogens is 302 g/mol. The zero-order valence-corrected chi connectivity index (χ0v) is 13.8. The van der Waals surface area contributed by atoms with Gasteiger partial charge in [-0.15, -0.1) is 0 Å². The first kappa shape index (κ1) is 15.1. The molecule has 4 rings (SSSR count). The highest BCUT2D eigenvalue weighted by Crippen LogP contribution is 2.23. The minimum atomic E-state index is 0.478. The summed E-state index contributed by atoms with van der Waals surface area (Å²) < 4.78 is 7.58. The lowest BCUT2D eigenvalue weighted by Gasteiger charge is -2.23. The van der Waals surface area contributed by atoms with Gasteiger partial charge in [-0.1, -0.05) is 17.7 Å². The van der Waals surface area contributed by atoms with Crippen LogP contribution in [0.5, 0.6) is 0 Å². The Morgan fingerprint density at radius 3 is 2.92 bits per heavy atom. The number of hydrogen-bond donors (Lipinski definition) is 0. The van der Waals surface area contributed by atoms with E-state index in [2.05, 4.69) is 39.0 Å². The third-order valence-corrected chi connectivity index (χ3v) is 4.58. The van der Waals surface area contributed by atoms with Crippen LogP contribution in [0.15, 0.2) is 47.6 Å². The van der Waals surface area contributed by atoms with Crippen LogP contribution in [-0.4, -0.2) is 37.2 Å². The van der Waals surface area contributed by atoms with E-state index in [4.69, 9.17) is 4.42 Å². The van der Waals surface area contributed by atoms with Crippen LogP contribution in [-0.2, 0) is 13.1 Å². The van der Waals surface area contributed by atoms with Crippen LogP contribution in [0, 0.1) is 6.92 Å². The Hall–Kier alpha value is -2.47. The van der Waals surface area contributed by atoms with Crippen molar-refractivity contribution in [3.63, 3.8) is 0 Å². The Labute approximate surface area is 141 Å². The normalized spacial score (nSPS) is 18.3. The fraction of sp³-hybridized carbons (Fsp3) is 0.389. The lowest BCUT2D eigenvalue weighted by molar-refractivity contribution is 0.216. The van der Waals surface area contributed by atoms with Gasteiger partial charge in [-0.05, 0) is 38.4 Å². The van der Waals surface area contributed by atoms with Crippen LogP contribution in [0.1, 0.15) is 24.1 Å². The topological polar surface area (TPSA) is 60.0 Å². The van der Waals surface area contributed by atoms with Crippen LogP contribution >= 0.6 is 0 Å². The molecule has 124 valence electrons. The summed E-state index contributed by atoms with van der Waals surface area (Å²) in [4.78, 5) is 11.1. The summed E-state index contributed by atoms with van der Waals surface area (Å²) in [6, 6.07) is 8.73. The molecule has 6 nitrogen and oxygen atoms in total. The first-order valence-corrected chi connectivity index (χ1v) is 8.36. The second-order valence-corrected chi connectivity index (χ2v) is 6.39. The third kappa shape index (κ3) is 3.23. The molecule has 1 aliphatic heterocycles. The number of hydrogen-bond acceptors (Lipinski definition) is 5. The van der Waals surface area contributed by atoms with Gasteiger partial charge in [-0.3, -0.25) is 9.58 Å². The van der Waals surface area contributed by atoms with Crippen molar-refractivity contribution in [3.05, 3.63) is 54.4 Å². The molecule has 1 aliphatic rings. The molecule has 1 atom stereocenters. The summed E-state index contributed by atoms with van der Waals surface area (Å²) in [6.07, 6.45) is 7.54. The molecule has 0 N–H and O–H groups in total. The molecule has 0 bridgehead atoms. The molecule has 1 aromatic carbocycles. The number of aromatic nitrogens is 4. The predicted molar refractivity (Wildman–Crippen MR) is 90.1 cm³/mol. The van der Waals surface area contributed by atoms with E-state index in [1.54, 1.807) is 18.9 Å². The van der Waals surface area contributed by atoms with Gasteiger partial charge < -0.3 is 4.42 Å². The molecule has 1 saturated heterocycles. The molecule has 0 amide bonds. The average Bonchev–Trinajstić information content (AvgIpc) is 3.32. The third-order valence-electron chi connectivity index (χ3n) is 4.58. The van der Waals surface area contributed by atoms with Crippen LogP contribution in [0.2, 0.25) is 0 Å². The van der Waals surface area contributed by atoms with E-state index in [1.165, 1.54) is 18.4 Å². The first-order chi connectivity index (χ1) is 11.8. The number of nitrogens with zero attached hydrogens (tertiary/aromatic N) is 5. The molecule has 3 heterocycles. The van der Waals surface area contributed by atoms with Gasteiger partial charge in [0.2, 0.25) is 5.89 Å². The predicted octanol–water partition coefficient (Wildman–Crippen LogP) is 2.91. The van der Waals surface area contributed by atoms with Gasteiger partial charge in [-0.2, -0.15) is 5.10 Å². The molecule has 0 saturated carbocycles. The fourth-order valence-corrected chi connectivity index (χ4v) is 3.27.